The minimum absolute atomic E-state index is 0.135. The zero-order valence-corrected chi connectivity index (χ0v) is 14.0. The molecule has 0 atom stereocenters. The highest BCUT2D eigenvalue weighted by Crippen LogP contribution is 2.25. The van der Waals surface area contributed by atoms with Gasteiger partial charge in [-0.25, -0.2) is 4.98 Å². The molecule has 3 aromatic heterocycles. The first-order chi connectivity index (χ1) is 11.3. The molecule has 3 aromatic rings. The minimum atomic E-state index is -0.135. The normalized spacial score (nSPS) is 13.2. The number of fused-ring (bicyclic) bond motifs is 1. The Kier molecular flexibility index (Phi) is 3.92. The Balaban J connectivity index is 1.35. The molecule has 6 nitrogen and oxygen atoms in total. The van der Waals surface area contributed by atoms with Gasteiger partial charge in [-0.3, -0.25) is 4.79 Å². The smallest absolute Gasteiger partial charge is 0.270 e. The van der Waals surface area contributed by atoms with Crippen LogP contribution in [0.5, 0.6) is 0 Å². The van der Waals surface area contributed by atoms with Crippen LogP contribution in [0.3, 0.4) is 0 Å². The third-order valence-corrected chi connectivity index (χ3v) is 5.40. The Morgan fingerprint density at radius 1 is 1.35 bits per heavy atom. The summed E-state index contributed by atoms with van der Waals surface area (Å²) >= 11 is 3.12. The Morgan fingerprint density at radius 3 is 3.17 bits per heavy atom. The maximum atomic E-state index is 12.2. The van der Waals surface area contributed by atoms with Crippen LogP contribution < -0.4 is 5.32 Å². The number of rotatable bonds is 5. The number of nitrogens with zero attached hydrogens (tertiary/aromatic N) is 4. The fraction of sp³-hybridized carbons (Fsp3) is 0.333. The van der Waals surface area contributed by atoms with E-state index in [0.29, 0.717) is 18.7 Å². The summed E-state index contributed by atoms with van der Waals surface area (Å²) in [7, 11) is 0. The fourth-order valence-corrected chi connectivity index (χ4v) is 4.18. The van der Waals surface area contributed by atoms with Gasteiger partial charge in [-0.15, -0.1) is 21.5 Å². The number of thiazole rings is 1. The molecule has 1 amide bonds. The van der Waals surface area contributed by atoms with E-state index in [-0.39, 0.29) is 5.91 Å². The van der Waals surface area contributed by atoms with Gasteiger partial charge >= 0.3 is 0 Å². The number of carbonyl (C=O) groups excluding carboxylic acids is 1. The predicted octanol–water partition coefficient (Wildman–Crippen LogP) is 2.38. The van der Waals surface area contributed by atoms with Crippen molar-refractivity contribution in [1.82, 2.24) is 25.1 Å². The molecule has 0 unspecified atom stereocenters. The van der Waals surface area contributed by atoms with E-state index in [4.69, 9.17) is 0 Å². The van der Waals surface area contributed by atoms with Crippen LogP contribution in [-0.4, -0.2) is 32.2 Å². The van der Waals surface area contributed by atoms with Crippen molar-refractivity contribution in [2.45, 2.75) is 25.8 Å². The first kappa shape index (κ1) is 14.5. The zero-order chi connectivity index (χ0) is 15.6. The third-order valence-electron chi connectivity index (χ3n) is 3.83. The SMILES string of the molecule is O=C(NCCc1nnc2n1CCC2)c1csc(-c2ccsc2)n1. The van der Waals surface area contributed by atoms with E-state index >= 15 is 0 Å². The van der Waals surface area contributed by atoms with Gasteiger partial charge in [0, 0.05) is 42.3 Å². The highest BCUT2D eigenvalue weighted by Gasteiger charge is 2.17. The summed E-state index contributed by atoms with van der Waals surface area (Å²) in [6.45, 7) is 1.53. The van der Waals surface area contributed by atoms with Crippen LogP contribution in [0.2, 0.25) is 0 Å². The number of nitrogens with one attached hydrogen (secondary N) is 1. The van der Waals surface area contributed by atoms with E-state index < -0.39 is 0 Å². The monoisotopic (exact) mass is 345 g/mol. The fourth-order valence-electron chi connectivity index (χ4n) is 2.67. The van der Waals surface area contributed by atoms with Crippen molar-refractivity contribution in [3.63, 3.8) is 0 Å². The standard InChI is InChI=1S/C15H15N5OS2/c21-14(11-9-23-15(17-11)10-4-7-22-8-10)16-5-3-13-19-18-12-2-1-6-20(12)13/h4,7-9H,1-3,5-6H2,(H,16,21). The zero-order valence-electron chi connectivity index (χ0n) is 12.4. The molecule has 0 radical (unpaired) electrons. The van der Waals surface area contributed by atoms with Gasteiger partial charge in [0.25, 0.3) is 5.91 Å². The van der Waals surface area contributed by atoms with Crippen molar-refractivity contribution in [2.75, 3.05) is 6.54 Å². The molecule has 4 rings (SSSR count). The van der Waals surface area contributed by atoms with E-state index in [1.165, 1.54) is 11.3 Å². The summed E-state index contributed by atoms with van der Waals surface area (Å²) in [5.74, 6) is 1.88. The lowest BCUT2D eigenvalue weighted by molar-refractivity contribution is 0.0949. The van der Waals surface area contributed by atoms with Gasteiger partial charge in [0.2, 0.25) is 0 Å². The Hall–Kier alpha value is -2.06. The molecular formula is C15H15N5OS2. The second-order valence-corrected chi connectivity index (χ2v) is 6.98. The summed E-state index contributed by atoms with van der Waals surface area (Å²) in [5, 5.41) is 18.0. The predicted molar refractivity (Wildman–Crippen MR) is 89.8 cm³/mol. The number of thiophene rings is 1. The number of hydrogen-bond acceptors (Lipinski definition) is 6. The van der Waals surface area contributed by atoms with E-state index in [0.717, 1.165) is 41.6 Å². The molecule has 118 valence electrons. The van der Waals surface area contributed by atoms with Crippen LogP contribution in [0.25, 0.3) is 10.6 Å². The average Bonchev–Trinajstić information content (AvgIpc) is 3.32. The largest absolute Gasteiger partial charge is 0.350 e. The molecular weight excluding hydrogens is 330 g/mol. The summed E-state index contributed by atoms with van der Waals surface area (Å²) < 4.78 is 2.16. The maximum Gasteiger partial charge on any atom is 0.270 e. The number of carbonyl (C=O) groups is 1. The minimum Gasteiger partial charge on any atom is -0.350 e. The van der Waals surface area contributed by atoms with Crippen LogP contribution in [0.15, 0.2) is 22.2 Å². The van der Waals surface area contributed by atoms with E-state index in [2.05, 4.69) is 25.1 Å². The van der Waals surface area contributed by atoms with Gasteiger partial charge in [0.05, 0.1) is 0 Å². The van der Waals surface area contributed by atoms with Crippen molar-refractivity contribution in [1.29, 1.82) is 0 Å². The van der Waals surface area contributed by atoms with Gasteiger partial charge in [-0.05, 0) is 17.9 Å². The van der Waals surface area contributed by atoms with Crippen LogP contribution in [0.4, 0.5) is 0 Å². The van der Waals surface area contributed by atoms with Crippen molar-refractivity contribution >= 4 is 28.6 Å². The second kappa shape index (κ2) is 6.21. The molecule has 0 bridgehead atoms. The highest BCUT2D eigenvalue weighted by atomic mass is 32.1. The Bertz CT molecular complexity index is 821. The molecule has 8 heteroatoms. The summed E-state index contributed by atoms with van der Waals surface area (Å²) in [5.41, 5.74) is 1.54. The molecule has 1 aliphatic heterocycles. The summed E-state index contributed by atoms with van der Waals surface area (Å²) in [6.07, 6.45) is 2.83. The molecule has 23 heavy (non-hydrogen) atoms. The van der Waals surface area contributed by atoms with Gasteiger partial charge in [0.15, 0.2) is 0 Å². The lowest BCUT2D eigenvalue weighted by Crippen LogP contribution is -2.26. The van der Waals surface area contributed by atoms with Gasteiger partial charge < -0.3 is 9.88 Å². The maximum absolute atomic E-state index is 12.2. The molecule has 0 saturated heterocycles. The first-order valence-corrected chi connectivity index (χ1v) is 9.31. The molecule has 0 aromatic carbocycles. The molecule has 1 aliphatic rings. The molecule has 0 saturated carbocycles. The molecule has 0 spiro atoms. The van der Waals surface area contributed by atoms with Crippen LogP contribution in [0, 0.1) is 0 Å². The van der Waals surface area contributed by atoms with Crippen molar-refractivity contribution < 1.29 is 4.79 Å². The lowest BCUT2D eigenvalue weighted by atomic mass is 10.3. The van der Waals surface area contributed by atoms with E-state index in [9.17, 15) is 4.79 Å². The number of aryl methyl sites for hydroxylation is 1. The Labute approximate surface area is 141 Å². The van der Waals surface area contributed by atoms with Crippen molar-refractivity contribution in [3.05, 3.63) is 39.5 Å². The highest BCUT2D eigenvalue weighted by molar-refractivity contribution is 7.14. The summed E-state index contributed by atoms with van der Waals surface area (Å²) in [4.78, 5) is 16.6. The number of aromatic nitrogens is 4. The van der Waals surface area contributed by atoms with Gasteiger partial charge in [-0.2, -0.15) is 11.3 Å². The van der Waals surface area contributed by atoms with Gasteiger partial charge in [0.1, 0.15) is 22.4 Å². The van der Waals surface area contributed by atoms with Crippen molar-refractivity contribution in [2.24, 2.45) is 0 Å². The number of hydrogen-bond donors (Lipinski definition) is 1. The average molecular weight is 345 g/mol. The topological polar surface area (TPSA) is 72.7 Å². The third kappa shape index (κ3) is 2.91. The molecule has 1 N–H and O–H groups in total. The van der Waals surface area contributed by atoms with Crippen LogP contribution in [0.1, 0.15) is 28.6 Å². The Morgan fingerprint density at radius 2 is 2.30 bits per heavy atom. The second-order valence-electron chi connectivity index (χ2n) is 5.34. The molecule has 4 heterocycles. The lowest BCUT2D eigenvalue weighted by Gasteiger charge is -2.04. The van der Waals surface area contributed by atoms with Crippen LogP contribution >= 0.6 is 22.7 Å². The van der Waals surface area contributed by atoms with Gasteiger partial charge in [-0.1, -0.05) is 0 Å². The molecule has 0 aliphatic carbocycles. The van der Waals surface area contributed by atoms with Crippen molar-refractivity contribution in [3.8, 4) is 10.6 Å². The number of amides is 1. The van der Waals surface area contributed by atoms with E-state index in [1.807, 2.05) is 16.8 Å². The van der Waals surface area contributed by atoms with Crippen LogP contribution in [-0.2, 0) is 19.4 Å². The first-order valence-electron chi connectivity index (χ1n) is 7.48. The molecule has 0 fully saturated rings. The van der Waals surface area contributed by atoms with E-state index in [1.54, 1.807) is 16.7 Å². The summed E-state index contributed by atoms with van der Waals surface area (Å²) in [6, 6.07) is 2.01. The quantitative estimate of drug-likeness (QED) is 0.770.